The van der Waals surface area contributed by atoms with Gasteiger partial charge in [-0.05, 0) is 73.5 Å². The third-order valence-electron chi connectivity index (χ3n) is 7.11. The molecule has 3 aromatic rings. The summed E-state index contributed by atoms with van der Waals surface area (Å²) in [6.45, 7) is 3.63. The van der Waals surface area contributed by atoms with Crippen LogP contribution in [0.5, 0.6) is 5.75 Å². The average Bonchev–Trinajstić information content (AvgIpc) is 3.33. The summed E-state index contributed by atoms with van der Waals surface area (Å²) in [6, 6.07) is 14.7. The fourth-order valence-corrected chi connectivity index (χ4v) is 5.54. The zero-order chi connectivity index (χ0) is 20.1. The maximum Gasteiger partial charge on any atom is 0.326 e. The van der Waals surface area contributed by atoms with Gasteiger partial charge < -0.3 is 14.6 Å². The van der Waals surface area contributed by atoms with Gasteiger partial charge in [-0.3, -0.25) is 4.57 Å². The zero-order valence-corrected chi connectivity index (χ0v) is 17.1. The van der Waals surface area contributed by atoms with Crippen molar-refractivity contribution in [1.29, 1.82) is 0 Å². The van der Waals surface area contributed by atoms with Gasteiger partial charge in [-0.1, -0.05) is 36.4 Å². The Balaban J connectivity index is 1.11. The van der Waals surface area contributed by atoms with Crippen LogP contribution in [0.2, 0.25) is 0 Å². The van der Waals surface area contributed by atoms with Crippen LogP contribution in [-0.4, -0.2) is 40.7 Å². The molecule has 154 valence electrons. The zero-order valence-electron chi connectivity index (χ0n) is 17.1. The van der Waals surface area contributed by atoms with Gasteiger partial charge >= 0.3 is 5.69 Å². The molecule has 1 N–H and O–H groups in total. The van der Waals surface area contributed by atoms with E-state index in [4.69, 9.17) is 4.74 Å². The highest BCUT2D eigenvalue weighted by Crippen LogP contribution is 2.36. The van der Waals surface area contributed by atoms with Gasteiger partial charge in [-0.15, -0.1) is 0 Å². The summed E-state index contributed by atoms with van der Waals surface area (Å²) >= 11 is 0. The number of nitrogens with zero attached hydrogens (tertiary/aromatic N) is 2. The Hall–Kier alpha value is -2.79. The minimum absolute atomic E-state index is 0.0209. The van der Waals surface area contributed by atoms with Crippen LogP contribution in [0.25, 0.3) is 16.6 Å². The quantitative estimate of drug-likeness (QED) is 0.719. The molecule has 1 aliphatic carbocycles. The van der Waals surface area contributed by atoms with E-state index in [0.717, 1.165) is 48.8 Å². The Morgan fingerprint density at radius 2 is 1.93 bits per heavy atom. The third-order valence-corrected chi connectivity index (χ3v) is 7.11. The number of rotatable bonds is 4. The van der Waals surface area contributed by atoms with Crippen molar-refractivity contribution in [3.8, 4) is 5.75 Å². The molecule has 1 aromatic heterocycles. The molecule has 0 spiro atoms. The van der Waals surface area contributed by atoms with Crippen LogP contribution in [0.1, 0.15) is 36.4 Å². The fraction of sp³-hybridized carbons (Fsp3) is 0.400. The maximum absolute atomic E-state index is 12.6. The van der Waals surface area contributed by atoms with Crippen molar-refractivity contribution in [3.63, 3.8) is 0 Å². The van der Waals surface area contributed by atoms with Crippen LogP contribution in [0.3, 0.4) is 0 Å². The Bertz CT molecular complexity index is 1180. The largest absolute Gasteiger partial charge is 0.489 e. The van der Waals surface area contributed by atoms with Crippen molar-refractivity contribution < 1.29 is 4.74 Å². The monoisotopic (exact) mass is 401 g/mol. The minimum atomic E-state index is -0.0209. The van der Waals surface area contributed by atoms with Gasteiger partial charge in [0.25, 0.3) is 0 Å². The number of fused-ring (bicyclic) bond motifs is 1. The van der Waals surface area contributed by atoms with Crippen LogP contribution < -0.4 is 10.4 Å². The predicted octanol–water partition coefficient (Wildman–Crippen LogP) is 4.00. The van der Waals surface area contributed by atoms with Crippen molar-refractivity contribution in [2.75, 3.05) is 26.2 Å². The number of allylic oxidation sites excluding steroid dienone is 2. The van der Waals surface area contributed by atoms with Crippen LogP contribution in [0.4, 0.5) is 0 Å². The number of hydrogen-bond donors (Lipinski definition) is 1. The van der Waals surface area contributed by atoms with E-state index in [2.05, 4.69) is 40.2 Å². The number of H-pyrrole nitrogens is 1. The molecule has 0 bridgehead atoms. The second-order valence-corrected chi connectivity index (χ2v) is 8.96. The standard InChI is InChI=1S/C25H27N3O2/c29-25-26-22-6-3-7-23-24(22)28(25)20(16-30-23)15-27-12-10-17(11-13-27)14-19-9-8-18-4-1-2-5-21(18)19/h1-7,9,17,20H,8,10-16H2,(H,26,29). The number of likely N-dealkylation sites (tertiary alicyclic amines) is 1. The summed E-state index contributed by atoms with van der Waals surface area (Å²) in [6.07, 6.45) is 7.16. The average molecular weight is 402 g/mol. The number of aromatic nitrogens is 2. The summed E-state index contributed by atoms with van der Waals surface area (Å²) in [4.78, 5) is 18.1. The highest BCUT2D eigenvalue weighted by atomic mass is 16.5. The molecule has 0 amide bonds. The maximum atomic E-state index is 12.6. The Morgan fingerprint density at radius 1 is 1.07 bits per heavy atom. The lowest BCUT2D eigenvalue weighted by molar-refractivity contribution is 0.133. The van der Waals surface area contributed by atoms with E-state index >= 15 is 0 Å². The number of aromatic amines is 1. The lowest BCUT2D eigenvalue weighted by Crippen LogP contribution is -2.42. The summed E-state index contributed by atoms with van der Waals surface area (Å²) in [5.74, 6) is 1.56. The van der Waals surface area contributed by atoms with Crippen molar-refractivity contribution in [1.82, 2.24) is 14.5 Å². The lowest BCUT2D eigenvalue weighted by Gasteiger charge is -2.35. The molecule has 1 saturated heterocycles. The Kier molecular flexibility index (Phi) is 4.30. The van der Waals surface area contributed by atoms with Gasteiger partial charge in [0.05, 0.1) is 11.6 Å². The van der Waals surface area contributed by atoms with Crippen molar-refractivity contribution >= 4 is 16.6 Å². The SMILES string of the molecule is O=c1[nH]c2cccc3c2n1C(CN1CCC(CC2=CCc4ccccc42)CC1)CO3. The van der Waals surface area contributed by atoms with E-state index < -0.39 is 0 Å². The normalized spacial score (nSPS) is 21.5. The van der Waals surface area contributed by atoms with Crippen molar-refractivity contribution in [2.24, 2.45) is 5.92 Å². The summed E-state index contributed by atoms with van der Waals surface area (Å²) < 4.78 is 7.91. The first-order chi connectivity index (χ1) is 14.8. The van der Waals surface area contributed by atoms with Gasteiger partial charge in [0, 0.05) is 6.54 Å². The molecular weight excluding hydrogens is 374 g/mol. The van der Waals surface area contributed by atoms with Gasteiger partial charge in [0.1, 0.15) is 17.9 Å². The summed E-state index contributed by atoms with van der Waals surface area (Å²) in [5.41, 5.74) is 6.25. The van der Waals surface area contributed by atoms with E-state index in [1.165, 1.54) is 30.4 Å². The fourth-order valence-electron chi connectivity index (χ4n) is 5.54. The van der Waals surface area contributed by atoms with E-state index in [9.17, 15) is 4.79 Å². The highest BCUT2D eigenvalue weighted by Gasteiger charge is 2.29. The molecule has 6 rings (SSSR count). The van der Waals surface area contributed by atoms with E-state index in [1.807, 2.05) is 22.8 Å². The molecule has 3 heterocycles. The third kappa shape index (κ3) is 3.00. The molecule has 0 saturated carbocycles. The van der Waals surface area contributed by atoms with Crippen molar-refractivity contribution in [2.45, 2.75) is 31.7 Å². The highest BCUT2D eigenvalue weighted by molar-refractivity contribution is 5.82. The molecule has 2 aliphatic heterocycles. The van der Waals surface area contributed by atoms with Gasteiger partial charge in [0.2, 0.25) is 0 Å². The summed E-state index contributed by atoms with van der Waals surface area (Å²) in [7, 11) is 0. The number of para-hydroxylation sites is 1. The molecule has 1 unspecified atom stereocenters. The molecule has 30 heavy (non-hydrogen) atoms. The van der Waals surface area contributed by atoms with Crippen LogP contribution in [0.15, 0.2) is 53.3 Å². The van der Waals surface area contributed by atoms with Gasteiger partial charge in [-0.25, -0.2) is 4.79 Å². The number of benzene rings is 2. The minimum Gasteiger partial charge on any atom is -0.489 e. The van der Waals surface area contributed by atoms with Crippen molar-refractivity contribution in [3.05, 3.63) is 70.2 Å². The van der Waals surface area contributed by atoms with Gasteiger partial charge in [0.15, 0.2) is 0 Å². The second-order valence-electron chi connectivity index (χ2n) is 8.96. The molecule has 2 aromatic carbocycles. The molecule has 5 heteroatoms. The lowest BCUT2D eigenvalue weighted by atomic mass is 9.88. The van der Waals surface area contributed by atoms with E-state index in [-0.39, 0.29) is 11.7 Å². The number of imidazole rings is 1. The second kappa shape index (κ2) is 7.17. The molecule has 5 nitrogen and oxygen atoms in total. The van der Waals surface area contributed by atoms with E-state index in [1.54, 1.807) is 5.57 Å². The first-order valence-electron chi connectivity index (χ1n) is 11.1. The first kappa shape index (κ1) is 18.0. The predicted molar refractivity (Wildman–Crippen MR) is 119 cm³/mol. The van der Waals surface area contributed by atoms with E-state index in [0.29, 0.717) is 6.61 Å². The van der Waals surface area contributed by atoms with Crippen LogP contribution in [-0.2, 0) is 6.42 Å². The summed E-state index contributed by atoms with van der Waals surface area (Å²) in [5, 5.41) is 0. The van der Waals surface area contributed by atoms with Gasteiger partial charge in [-0.2, -0.15) is 0 Å². The molecule has 3 aliphatic rings. The Morgan fingerprint density at radius 3 is 2.83 bits per heavy atom. The number of nitrogens with one attached hydrogen (secondary N) is 1. The number of ether oxygens (including phenoxy) is 1. The van der Waals surface area contributed by atoms with Crippen LogP contribution >= 0.6 is 0 Å². The number of piperidine rings is 1. The first-order valence-corrected chi connectivity index (χ1v) is 11.1. The molecule has 0 radical (unpaired) electrons. The molecular formula is C25H27N3O2. The molecule has 1 fully saturated rings. The number of hydrogen-bond acceptors (Lipinski definition) is 3. The van der Waals surface area contributed by atoms with Crippen LogP contribution in [0, 0.1) is 5.92 Å². The topological polar surface area (TPSA) is 50.3 Å². The smallest absolute Gasteiger partial charge is 0.326 e. The molecule has 1 atom stereocenters. The Labute approximate surface area is 176 Å².